The smallest absolute Gasteiger partial charge is 0.416 e. The summed E-state index contributed by atoms with van der Waals surface area (Å²) < 4.78 is 44.5. The number of hydrogen-bond acceptors (Lipinski definition) is 4. The minimum Gasteiger partial charge on any atom is -0.496 e. The molecule has 0 aliphatic rings. The molecule has 4 aromatic rings. The molecule has 0 aliphatic heterocycles. The average molecular weight is 590 g/mol. The summed E-state index contributed by atoms with van der Waals surface area (Å²) in [6.07, 6.45) is -3.74. The monoisotopic (exact) mass is 589 g/mol. The lowest BCUT2D eigenvalue weighted by Crippen LogP contribution is -2.40. The minimum absolute atomic E-state index is 0.148. The first-order chi connectivity index (χ1) is 20.6. The van der Waals surface area contributed by atoms with Crippen molar-refractivity contribution in [2.75, 3.05) is 19.0 Å². The molecule has 0 aromatic heterocycles. The van der Waals surface area contributed by atoms with Crippen molar-refractivity contribution >= 4 is 23.4 Å². The molecule has 3 N–H and O–H groups in total. The van der Waals surface area contributed by atoms with E-state index >= 15 is 0 Å². The highest BCUT2D eigenvalue weighted by Crippen LogP contribution is 2.32. The van der Waals surface area contributed by atoms with Crippen molar-refractivity contribution in [1.82, 2.24) is 10.6 Å². The Bertz CT molecular complexity index is 1590. The molecule has 0 bridgehead atoms. The first-order valence-corrected chi connectivity index (χ1v) is 13.5. The molecule has 7 nitrogen and oxygen atoms in total. The predicted octanol–water partition coefficient (Wildman–Crippen LogP) is 6.63. The summed E-state index contributed by atoms with van der Waals surface area (Å²) in [4.78, 5) is 39.4. The van der Waals surface area contributed by atoms with E-state index in [2.05, 4.69) is 16.0 Å². The number of hydrogen-bond donors (Lipinski definition) is 3. The third-order valence-corrected chi connectivity index (χ3v) is 6.62. The number of methoxy groups -OCH3 is 1. The van der Waals surface area contributed by atoms with Crippen LogP contribution >= 0.6 is 0 Å². The molecule has 0 aliphatic carbocycles. The Kier molecular flexibility index (Phi) is 9.82. The highest BCUT2D eigenvalue weighted by molar-refractivity contribution is 6.09. The van der Waals surface area contributed by atoms with Gasteiger partial charge in [0, 0.05) is 23.9 Å². The Morgan fingerprint density at radius 2 is 1.49 bits per heavy atom. The molecule has 0 heterocycles. The van der Waals surface area contributed by atoms with Crippen LogP contribution in [0.4, 0.5) is 18.9 Å². The Morgan fingerprint density at radius 1 is 0.814 bits per heavy atom. The molecule has 3 amide bonds. The maximum atomic E-state index is 13.3. The molecule has 0 spiro atoms. The number of carbonyl (C=O) groups is 3. The number of rotatable bonds is 10. The highest BCUT2D eigenvalue weighted by atomic mass is 19.4. The van der Waals surface area contributed by atoms with E-state index in [1.165, 1.54) is 37.4 Å². The van der Waals surface area contributed by atoms with Crippen LogP contribution in [0.3, 0.4) is 0 Å². The van der Waals surface area contributed by atoms with Gasteiger partial charge in [-0.3, -0.25) is 14.4 Å². The minimum atomic E-state index is -4.47. The molecule has 4 rings (SSSR count). The van der Waals surface area contributed by atoms with Gasteiger partial charge in [-0.15, -0.1) is 0 Å². The Hall–Kier alpha value is -5.12. The van der Waals surface area contributed by atoms with Crippen LogP contribution in [0, 0.1) is 0 Å². The van der Waals surface area contributed by atoms with Gasteiger partial charge in [-0.1, -0.05) is 67.6 Å². The van der Waals surface area contributed by atoms with Gasteiger partial charge >= 0.3 is 6.18 Å². The van der Waals surface area contributed by atoms with Gasteiger partial charge in [0.05, 0.1) is 18.2 Å². The van der Waals surface area contributed by atoms with Crippen molar-refractivity contribution in [3.05, 3.63) is 119 Å². The van der Waals surface area contributed by atoms with Gasteiger partial charge in [0.25, 0.3) is 11.8 Å². The first kappa shape index (κ1) is 30.8. The van der Waals surface area contributed by atoms with Crippen LogP contribution < -0.4 is 20.7 Å². The van der Waals surface area contributed by atoms with Gasteiger partial charge in [0.2, 0.25) is 5.91 Å². The van der Waals surface area contributed by atoms with Crippen molar-refractivity contribution in [2.45, 2.75) is 25.6 Å². The van der Waals surface area contributed by atoms with E-state index in [9.17, 15) is 27.6 Å². The number of amides is 3. The van der Waals surface area contributed by atoms with Crippen LogP contribution in [0.15, 0.2) is 97.1 Å². The molecule has 43 heavy (non-hydrogen) atoms. The van der Waals surface area contributed by atoms with E-state index in [4.69, 9.17) is 4.74 Å². The van der Waals surface area contributed by atoms with Crippen LogP contribution in [0.5, 0.6) is 5.75 Å². The summed E-state index contributed by atoms with van der Waals surface area (Å²) in [5.74, 6) is -1.25. The van der Waals surface area contributed by atoms with E-state index in [-0.39, 0.29) is 22.8 Å². The lowest BCUT2D eigenvalue weighted by Gasteiger charge is -2.20. The number of ether oxygens (including phenoxy) is 1. The number of nitrogens with one attached hydrogen (secondary N) is 3. The Morgan fingerprint density at radius 3 is 2.14 bits per heavy atom. The molecule has 222 valence electrons. The van der Waals surface area contributed by atoms with E-state index in [0.29, 0.717) is 28.9 Å². The summed E-state index contributed by atoms with van der Waals surface area (Å²) >= 11 is 0. The number of alkyl halides is 3. The molecule has 0 unspecified atom stereocenters. The number of halogens is 3. The zero-order valence-corrected chi connectivity index (χ0v) is 23.5. The van der Waals surface area contributed by atoms with E-state index in [1.807, 2.05) is 13.0 Å². The van der Waals surface area contributed by atoms with Gasteiger partial charge in [0.15, 0.2) is 0 Å². The molecule has 0 fully saturated rings. The topological polar surface area (TPSA) is 96.5 Å². The van der Waals surface area contributed by atoms with Gasteiger partial charge in [-0.05, 0) is 53.4 Å². The molecule has 10 heteroatoms. The second kappa shape index (κ2) is 13.7. The lowest BCUT2D eigenvalue weighted by atomic mass is 9.98. The fourth-order valence-electron chi connectivity index (χ4n) is 4.43. The zero-order valence-electron chi connectivity index (χ0n) is 23.5. The average Bonchev–Trinajstić information content (AvgIpc) is 3.02. The number of benzene rings is 4. The highest BCUT2D eigenvalue weighted by Gasteiger charge is 2.30. The third-order valence-electron chi connectivity index (χ3n) is 6.62. The van der Waals surface area contributed by atoms with E-state index in [1.54, 1.807) is 48.5 Å². The van der Waals surface area contributed by atoms with Crippen LogP contribution in [0.2, 0.25) is 0 Å². The zero-order chi connectivity index (χ0) is 31.0. The molecule has 4 aromatic carbocycles. The quantitative estimate of drug-likeness (QED) is 0.194. The van der Waals surface area contributed by atoms with Crippen LogP contribution in [0.25, 0.3) is 11.1 Å². The predicted molar refractivity (Wildman–Crippen MR) is 158 cm³/mol. The standard InChI is InChI=1S/C33H30F3N3O4/c1-3-19-37-32(42)29(22-9-5-4-6-10-22)39-31(41)27-18-17-24(20-28(27)43-2)38-30(40)26-12-8-7-11-25(26)21-13-15-23(16-14-21)33(34,35)36/h4-18,20,29H,3,19H2,1-2H3,(H,37,42)(H,38,40)(H,39,41)/t29-/m0/s1. The SMILES string of the molecule is CCCNC(=O)[C@@H](NC(=O)c1ccc(NC(=O)c2ccccc2-c2ccc(C(F)(F)F)cc2)cc1OC)c1ccccc1. The summed E-state index contributed by atoms with van der Waals surface area (Å²) in [5.41, 5.74) is 1.43. The number of carbonyl (C=O) groups excluding carboxylic acids is 3. The summed E-state index contributed by atoms with van der Waals surface area (Å²) in [6, 6.07) is 23.5. The van der Waals surface area contributed by atoms with E-state index in [0.717, 1.165) is 18.6 Å². The third kappa shape index (κ3) is 7.59. The van der Waals surface area contributed by atoms with Crippen molar-refractivity contribution in [1.29, 1.82) is 0 Å². The Labute approximate surface area is 247 Å². The molecular formula is C33H30F3N3O4. The fraction of sp³-hybridized carbons (Fsp3) is 0.182. The van der Waals surface area contributed by atoms with Crippen LogP contribution in [-0.2, 0) is 11.0 Å². The van der Waals surface area contributed by atoms with Crippen molar-refractivity contribution in [2.24, 2.45) is 0 Å². The van der Waals surface area contributed by atoms with Crippen molar-refractivity contribution < 1.29 is 32.3 Å². The van der Waals surface area contributed by atoms with Crippen LogP contribution in [-0.4, -0.2) is 31.4 Å². The first-order valence-electron chi connectivity index (χ1n) is 13.5. The molecule has 1 atom stereocenters. The maximum absolute atomic E-state index is 13.3. The van der Waals surface area contributed by atoms with Gasteiger partial charge < -0.3 is 20.7 Å². The summed E-state index contributed by atoms with van der Waals surface area (Å²) in [7, 11) is 1.38. The van der Waals surface area contributed by atoms with Crippen LogP contribution in [0.1, 0.15) is 51.2 Å². The van der Waals surface area contributed by atoms with Crippen molar-refractivity contribution in [3.63, 3.8) is 0 Å². The maximum Gasteiger partial charge on any atom is 0.416 e. The lowest BCUT2D eigenvalue weighted by molar-refractivity contribution is -0.137. The number of anilines is 1. The van der Waals surface area contributed by atoms with Gasteiger partial charge in [-0.2, -0.15) is 13.2 Å². The molecule has 0 saturated heterocycles. The van der Waals surface area contributed by atoms with Gasteiger partial charge in [0.1, 0.15) is 11.8 Å². The molecule has 0 radical (unpaired) electrons. The van der Waals surface area contributed by atoms with Gasteiger partial charge in [-0.25, -0.2) is 0 Å². The fourth-order valence-corrected chi connectivity index (χ4v) is 4.43. The second-order valence-electron chi connectivity index (χ2n) is 9.60. The Balaban J connectivity index is 1.54. The second-order valence-corrected chi connectivity index (χ2v) is 9.60. The molecule has 0 saturated carbocycles. The van der Waals surface area contributed by atoms with Crippen molar-refractivity contribution in [3.8, 4) is 16.9 Å². The molecular weight excluding hydrogens is 559 g/mol. The summed E-state index contributed by atoms with van der Waals surface area (Å²) in [5, 5.41) is 8.33. The normalized spacial score (nSPS) is 11.7. The van der Waals surface area contributed by atoms with E-state index < -0.39 is 29.6 Å². The largest absolute Gasteiger partial charge is 0.496 e. The summed E-state index contributed by atoms with van der Waals surface area (Å²) in [6.45, 7) is 2.38.